The Labute approximate surface area is 154 Å². The van der Waals surface area contributed by atoms with Gasteiger partial charge in [-0.25, -0.2) is 8.42 Å². The molecular formula is C18H26N2O5S. The van der Waals surface area contributed by atoms with Crippen molar-refractivity contribution in [2.45, 2.75) is 50.0 Å². The highest BCUT2D eigenvalue weighted by molar-refractivity contribution is 7.89. The Morgan fingerprint density at radius 1 is 1.23 bits per heavy atom. The Hall–Kier alpha value is -1.93. The molecular weight excluding hydrogens is 356 g/mol. The van der Waals surface area contributed by atoms with E-state index < -0.39 is 27.9 Å². The van der Waals surface area contributed by atoms with Gasteiger partial charge in [0.15, 0.2) is 0 Å². The lowest BCUT2D eigenvalue weighted by Gasteiger charge is -2.24. The van der Waals surface area contributed by atoms with Crippen molar-refractivity contribution in [1.29, 1.82) is 0 Å². The van der Waals surface area contributed by atoms with Crippen LogP contribution in [0.1, 0.15) is 39.2 Å². The first-order valence-electron chi connectivity index (χ1n) is 8.54. The van der Waals surface area contributed by atoms with Crippen LogP contribution >= 0.6 is 0 Å². The van der Waals surface area contributed by atoms with Gasteiger partial charge in [0.05, 0.1) is 12.0 Å². The van der Waals surface area contributed by atoms with Gasteiger partial charge in [-0.3, -0.25) is 9.59 Å². The minimum absolute atomic E-state index is 0.0771. The van der Waals surface area contributed by atoms with Crippen LogP contribution in [0.3, 0.4) is 0 Å². The van der Waals surface area contributed by atoms with Crippen molar-refractivity contribution in [2.24, 2.45) is 0 Å². The molecule has 0 aromatic heterocycles. The molecule has 7 nitrogen and oxygen atoms in total. The van der Waals surface area contributed by atoms with Gasteiger partial charge in [0.2, 0.25) is 15.9 Å². The average molecular weight is 382 g/mol. The minimum atomic E-state index is -3.78. The normalized spacial score (nSPS) is 18.5. The molecule has 144 valence electrons. The number of nitrogens with one attached hydrogen (secondary N) is 1. The number of sulfonamides is 1. The van der Waals surface area contributed by atoms with Crippen molar-refractivity contribution < 1.29 is 22.7 Å². The van der Waals surface area contributed by atoms with Gasteiger partial charge >= 0.3 is 5.97 Å². The van der Waals surface area contributed by atoms with Crippen LogP contribution in [0.25, 0.3) is 0 Å². The summed E-state index contributed by atoms with van der Waals surface area (Å²) in [5.41, 5.74) is 0.955. The van der Waals surface area contributed by atoms with E-state index in [2.05, 4.69) is 30.8 Å². The molecule has 1 saturated heterocycles. The van der Waals surface area contributed by atoms with E-state index in [9.17, 15) is 18.0 Å². The maximum absolute atomic E-state index is 13.0. The van der Waals surface area contributed by atoms with E-state index in [4.69, 9.17) is 0 Å². The molecule has 1 atom stereocenters. The highest BCUT2D eigenvalue weighted by Crippen LogP contribution is 2.28. The van der Waals surface area contributed by atoms with Gasteiger partial charge in [0, 0.05) is 6.54 Å². The quantitative estimate of drug-likeness (QED) is 0.778. The number of carbonyl (C=O) groups excluding carboxylic acids is 2. The van der Waals surface area contributed by atoms with E-state index in [0.29, 0.717) is 12.8 Å². The molecule has 8 heteroatoms. The van der Waals surface area contributed by atoms with E-state index >= 15 is 0 Å². The van der Waals surface area contributed by atoms with Crippen molar-refractivity contribution >= 4 is 21.9 Å². The number of ether oxygens (including phenoxy) is 1. The molecule has 0 bridgehead atoms. The molecule has 0 spiro atoms. The molecule has 1 aromatic rings. The lowest BCUT2D eigenvalue weighted by molar-refractivity contribution is -0.141. The second-order valence-corrected chi connectivity index (χ2v) is 9.23. The predicted octanol–water partition coefficient (Wildman–Crippen LogP) is 1.43. The fourth-order valence-electron chi connectivity index (χ4n) is 2.90. The summed E-state index contributed by atoms with van der Waals surface area (Å²) < 4.78 is 31.6. The molecule has 1 fully saturated rings. The Kier molecular flexibility index (Phi) is 6.08. The molecule has 1 amide bonds. The van der Waals surface area contributed by atoms with Crippen molar-refractivity contribution in [3.05, 3.63) is 29.8 Å². The summed E-state index contributed by atoms with van der Waals surface area (Å²) in [6, 6.07) is 5.95. The predicted molar refractivity (Wildman–Crippen MR) is 97.1 cm³/mol. The van der Waals surface area contributed by atoms with E-state index in [0.717, 1.165) is 5.56 Å². The third-order valence-corrected chi connectivity index (χ3v) is 6.39. The lowest BCUT2D eigenvalue weighted by Crippen LogP contribution is -2.47. The van der Waals surface area contributed by atoms with Gasteiger partial charge in [0.25, 0.3) is 0 Å². The van der Waals surface area contributed by atoms with Gasteiger partial charge < -0.3 is 10.1 Å². The van der Waals surface area contributed by atoms with Gasteiger partial charge in [-0.05, 0) is 36.0 Å². The molecule has 1 aliphatic rings. The standard InChI is InChI=1S/C18H26N2O5S/c1-18(2,3)13-7-9-14(10-8-13)26(23,24)20-11-5-6-15(20)17(22)19-12-16(21)25-4/h7-10,15H,5-6,11-12H2,1-4H3,(H,19,22)/t15-/m1/s1. The lowest BCUT2D eigenvalue weighted by atomic mass is 9.87. The summed E-state index contributed by atoms with van der Waals surface area (Å²) in [4.78, 5) is 23.7. The number of nitrogens with zero attached hydrogens (tertiary/aromatic N) is 1. The fraction of sp³-hybridized carbons (Fsp3) is 0.556. The summed E-state index contributed by atoms with van der Waals surface area (Å²) in [5, 5.41) is 2.44. The molecule has 1 heterocycles. The van der Waals surface area contributed by atoms with Gasteiger partial charge in [0.1, 0.15) is 12.6 Å². The molecule has 1 aromatic carbocycles. The van der Waals surface area contributed by atoms with E-state index in [1.165, 1.54) is 11.4 Å². The van der Waals surface area contributed by atoms with Crippen LogP contribution in [0.2, 0.25) is 0 Å². The number of methoxy groups -OCH3 is 1. The van der Waals surface area contributed by atoms with Gasteiger partial charge in [-0.1, -0.05) is 32.9 Å². The van der Waals surface area contributed by atoms with E-state index in [1.807, 2.05) is 0 Å². The zero-order valence-electron chi connectivity index (χ0n) is 15.6. The zero-order chi connectivity index (χ0) is 19.5. The summed E-state index contributed by atoms with van der Waals surface area (Å²) in [6.45, 7) is 6.16. The van der Waals surface area contributed by atoms with Crippen LogP contribution in [0.15, 0.2) is 29.2 Å². The summed E-state index contributed by atoms with van der Waals surface area (Å²) >= 11 is 0. The first-order valence-corrected chi connectivity index (χ1v) is 9.98. The van der Waals surface area contributed by atoms with Crippen LogP contribution in [0.4, 0.5) is 0 Å². The third-order valence-electron chi connectivity index (χ3n) is 4.47. The van der Waals surface area contributed by atoms with Crippen molar-refractivity contribution in [1.82, 2.24) is 9.62 Å². The van der Waals surface area contributed by atoms with Crippen LogP contribution in [-0.4, -0.2) is 50.8 Å². The maximum Gasteiger partial charge on any atom is 0.325 e. The summed E-state index contributed by atoms with van der Waals surface area (Å²) in [5.74, 6) is -1.06. The largest absolute Gasteiger partial charge is 0.468 e. The Bertz CT molecular complexity index is 766. The zero-order valence-corrected chi connectivity index (χ0v) is 16.4. The number of esters is 1. The Balaban J connectivity index is 2.19. The smallest absolute Gasteiger partial charge is 0.325 e. The van der Waals surface area contributed by atoms with E-state index in [1.54, 1.807) is 24.3 Å². The number of rotatable bonds is 5. The maximum atomic E-state index is 13.0. The second kappa shape index (κ2) is 7.75. The molecule has 1 aliphatic heterocycles. The molecule has 0 unspecified atom stereocenters. The highest BCUT2D eigenvalue weighted by atomic mass is 32.2. The minimum Gasteiger partial charge on any atom is -0.468 e. The highest BCUT2D eigenvalue weighted by Gasteiger charge is 2.39. The van der Waals surface area contributed by atoms with Crippen LogP contribution < -0.4 is 5.32 Å². The summed E-state index contributed by atoms with van der Waals surface area (Å²) in [6.07, 6.45) is 1.02. The molecule has 0 saturated carbocycles. The average Bonchev–Trinajstić information content (AvgIpc) is 3.09. The molecule has 26 heavy (non-hydrogen) atoms. The van der Waals surface area contributed by atoms with E-state index in [-0.39, 0.29) is 23.4 Å². The topological polar surface area (TPSA) is 92.8 Å². The third kappa shape index (κ3) is 4.42. The van der Waals surface area contributed by atoms with Gasteiger partial charge in [-0.15, -0.1) is 0 Å². The van der Waals surface area contributed by atoms with Crippen LogP contribution in [-0.2, 0) is 29.8 Å². The number of amides is 1. The molecule has 0 aliphatic carbocycles. The number of hydrogen-bond acceptors (Lipinski definition) is 5. The van der Waals surface area contributed by atoms with Gasteiger partial charge in [-0.2, -0.15) is 4.31 Å². The fourth-order valence-corrected chi connectivity index (χ4v) is 4.56. The molecule has 2 rings (SSSR count). The first kappa shape index (κ1) is 20.4. The van der Waals surface area contributed by atoms with Crippen LogP contribution in [0, 0.1) is 0 Å². The first-order chi connectivity index (χ1) is 12.1. The van der Waals surface area contributed by atoms with Crippen molar-refractivity contribution in [3.63, 3.8) is 0 Å². The Morgan fingerprint density at radius 3 is 2.38 bits per heavy atom. The molecule has 0 radical (unpaired) electrons. The van der Waals surface area contributed by atoms with Crippen LogP contribution in [0.5, 0.6) is 0 Å². The second-order valence-electron chi connectivity index (χ2n) is 7.34. The molecule has 1 N–H and O–H groups in total. The van der Waals surface area contributed by atoms with Crippen molar-refractivity contribution in [2.75, 3.05) is 20.2 Å². The number of benzene rings is 1. The Morgan fingerprint density at radius 2 is 1.85 bits per heavy atom. The summed E-state index contributed by atoms with van der Waals surface area (Å²) in [7, 11) is -2.56. The number of hydrogen-bond donors (Lipinski definition) is 1. The number of carbonyl (C=O) groups is 2. The SMILES string of the molecule is COC(=O)CNC(=O)[C@H]1CCCN1S(=O)(=O)c1ccc(C(C)(C)C)cc1. The monoisotopic (exact) mass is 382 g/mol. The van der Waals surface area contributed by atoms with Crippen molar-refractivity contribution in [3.8, 4) is 0 Å².